The van der Waals surface area contributed by atoms with E-state index in [9.17, 15) is 14.5 Å². The summed E-state index contributed by atoms with van der Waals surface area (Å²) in [6.45, 7) is 1.77. The molecule has 0 aliphatic rings. The first-order valence-corrected chi connectivity index (χ1v) is 7.21. The first-order valence-electron chi connectivity index (χ1n) is 6.04. The average Bonchev–Trinajstić information content (AvgIpc) is 2.43. The van der Waals surface area contributed by atoms with Crippen molar-refractivity contribution in [3.8, 4) is 0 Å². The molecule has 4 nitrogen and oxygen atoms in total. The first kappa shape index (κ1) is 15.7. The van der Waals surface area contributed by atoms with Gasteiger partial charge in [-0.2, -0.15) is 0 Å². The summed E-state index contributed by atoms with van der Waals surface area (Å²) in [6, 6.07) is 8.66. The molecule has 110 valence electrons. The van der Waals surface area contributed by atoms with Crippen LogP contribution in [0.5, 0.6) is 0 Å². The minimum Gasteiger partial charge on any atom is -0.378 e. The van der Waals surface area contributed by atoms with Crippen molar-refractivity contribution in [2.24, 2.45) is 0 Å². The van der Waals surface area contributed by atoms with Crippen LogP contribution in [0.1, 0.15) is 18.5 Å². The Morgan fingerprint density at radius 1 is 1.33 bits per heavy atom. The lowest BCUT2D eigenvalue weighted by Gasteiger charge is -2.16. The van der Waals surface area contributed by atoms with E-state index in [1.54, 1.807) is 25.1 Å². The molecule has 0 radical (unpaired) electrons. The highest BCUT2D eigenvalue weighted by atomic mass is 79.9. The number of halogens is 3. The first-order chi connectivity index (χ1) is 9.88. The summed E-state index contributed by atoms with van der Waals surface area (Å²) in [7, 11) is 0. The van der Waals surface area contributed by atoms with E-state index in [1.807, 2.05) is 0 Å². The zero-order valence-electron chi connectivity index (χ0n) is 10.9. The molecule has 1 atom stereocenters. The number of nitro groups is 1. The molecule has 2 aromatic rings. The van der Waals surface area contributed by atoms with Gasteiger partial charge in [-0.05, 0) is 37.3 Å². The van der Waals surface area contributed by atoms with Crippen LogP contribution in [-0.4, -0.2) is 4.92 Å². The molecule has 2 aromatic carbocycles. The van der Waals surface area contributed by atoms with E-state index in [0.717, 1.165) is 4.47 Å². The molecule has 0 saturated heterocycles. The van der Waals surface area contributed by atoms with Gasteiger partial charge < -0.3 is 5.32 Å². The quantitative estimate of drug-likeness (QED) is 0.582. The highest BCUT2D eigenvalue weighted by Gasteiger charge is 2.15. The molecule has 0 aliphatic carbocycles. The van der Waals surface area contributed by atoms with Crippen molar-refractivity contribution < 1.29 is 9.31 Å². The Labute approximate surface area is 134 Å². The maximum atomic E-state index is 13.8. The van der Waals surface area contributed by atoms with Gasteiger partial charge in [0.25, 0.3) is 5.69 Å². The van der Waals surface area contributed by atoms with Gasteiger partial charge >= 0.3 is 0 Å². The number of nitrogens with one attached hydrogen (secondary N) is 1. The minimum atomic E-state index is -0.558. The number of nitro benzene ring substituents is 1. The summed E-state index contributed by atoms with van der Waals surface area (Å²) in [6.07, 6.45) is 0. The van der Waals surface area contributed by atoms with Crippen molar-refractivity contribution in [1.82, 2.24) is 0 Å². The predicted octanol–water partition coefficient (Wildman–Crippen LogP) is 5.32. The van der Waals surface area contributed by atoms with Gasteiger partial charge in [-0.15, -0.1) is 0 Å². The molecule has 0 aromatic heterocycles. The molecule has 0 spiro atoms. The second-order valence-corrected chi connectivity index (χ2v) is 5.78. The maximum absolute atomic E-state index is 13.8. The third kappa shape index (κ3) is 3.71. The van der Waals surface area contributed by atoms with Gasteiger partial charge in [0.2, 0.25) is 0 Å². The summed E-state index contributed by atoms with van der Waals surface area (Å²) in [5.74, 6) is -0.346. The van der Waals surface area contributed by atoms with E-state index in [0.29, 0.717) is 11.3 Å². The van der Waals surface area contributed by atoms with Crippen molar-refractivity contribution in [3.63, 3.8) is 0 Å². The monoisotopic (exact) mass is 372 g/mol. The minimum absolute atomic E-state index is 0.0619. The van der Waals surface area contributed by atoms with Crippen LogP contribution in [0.25, 0.3) is 0 Å². The summed E-state index contributed by atoms with van der Waals surface area (Å²) in [5, 5.41) is 13.9. The summed E-state index contributed by atoms with van der Waals surface area (Å²) < 4.78 is 14.6. The van der Waals surface area contributed by atoms with E-state index in [4.69, 9.17) is 11.6 Å². The molecule has 1 N–H and O–H groups in total. The van der Waals surface area contributed by atoms with Crippen molar-refractivity contribution in [2.45, 2.75) is 13.0 Å². The summed E-state index contributed by atoms with van der Waals surface area (Å²) >= 11 is 9.04. The van der Waals surface area contributed by atoms with E-state index >= 15 is 0 Å². The number of hydrogen-bond acceptors (Lipinski definition) is 3. The number of benzene rings is 2. The van der Waals surface area contributed by atoms with Crippen LogP contribution < -0.4 is 5.32 Å². The second-order valence-electron chi connectivity index (χ2n) is 4.46. The lowest BCUT2D eigenvalue weighted by atomic mass is 10.1. The lowest BCUT2D eigenvalue weighted by molar-refractivity contribution is -0.384. The highest BCUT2D eigenvalue weighted by molar-refractivity contribution is 9.10. The molecule has 7 heteroatoms. The Hall–Kier alpha value is -1.66. The van der Waals surface area contributed by atoms with Crippen molar-refractivity contribution in [2.75, 3.05) is 5.32 Å². The Kier molecular flexibility index (Phi) is 4.80. The second kappa shape index (κ2) is 6.41. The normalized spacial score (nSPS) is 12.0. The standard InChI is InChI=1S/C14H11BrClFN2O2/c1-8(11-6-9(15)2-5-13(11)17)18-10-3-4-12(16)14(7-10)19(20)21/h2-8,18H,1H3. The maximum Gasteiger partial charge on any atom is 0.289 e. The van der Waals surface area contributed by atoms with Gasteiger partial charge in [-0.1, -0.05) is 27.5 Å². The van der Waals surface area contributed by atoms with E-state index in [-0.39, 0.29) is 22.6 Å². The van der Waals surface area contributed by atoms with Crippen molar-refractivity contribution in [1.29, 1.82) is 0 Å². The van der Waals surface area contributed by atoms with Crippen LogP contribution in [0.4, 0.5) is 15.8 Å². The van der Waals surface area contributed by atoms with Crippen LogP contribution >= 0.6 is 27.5 Å². The fourth-order valence-electron chi connectivity index (χ4n) is 1.92. The van der Waals surface area contributed by atoms with E-state index < -0.39 is 4.92 Å². The Morgan fingerprint density at radius 3 is 2.71 bits per heavy atom. The van der Waals surface area contributed by atoms with Crippen molar-refractivity contribution >= 4 is 38.9 Å². The Bertz CT molecular complexity index is 697. The summed E-state index contributed by atoms with van der Waals surface area (Å²) in [4.78, 5) is 10.3. The van der Waals surface area contributed by atoms with Crippen LogP contribution in [0.2, 0.25) is 5.02 Å². The number of anilines is 1. The molecule has 0 amide bonds. The Balaban J connectivity index is 2.27. The molecule has 0 saturated carbocycles. The zero-order valence-corrected chi connectivity index (χ0v) is 13.3. The molecular weight excluding hydrogens is 363 g/mol. The average molecular weight is 374 g/mol. The fourth-order valence-corrected chi connectivity index (χ4v) is 2.48. The lowest BCUT2D eigenvalue weighted by Crippen LogP contribution is -2.09. The van der Waals surface area contributed by atoms with Crippen LogP contribution in [0.3, 0.4) is 0 Å². The Morgan fingerprint density at radius 2 is 2.05 bits per heavy atom. The zero-order chi connectivity index (χ0) is 15.6. The smallest absolute Gasteiger partial charge is 0.289 e. The SMILES string of the molecule is CC(Nc1ccc(Cl)c([N+](=O)[O-])c1)c1cc(Br)ccc1F. The molecule has 0 aliphatic heterocycles. The molecule has 21 heavy (non-hydrogen) atoms. The van der Waals surface area contributed by atoms with Crippen molar-refractivity contribution in [3.05, 3.63) is 67.4 Å². The number of rotatable bonds is 4. The fraction of sp³-hybridized carbons (Fsp3) is 0.143. The number of hydrogen-bond donors (Lipinski definition) is 1. The third-order valence-electron chi connectivity index (χ3n) is 2.95. The number of nitrogens with zero attached hydrogens (tertiary/aromatic N) is 1. The molecular formula is C14H11BrClFN2O2. The molecule has 0 bridgehead atoms. The van der Waals surface area contributed by atoms with Gasteiger partial charge in [-0.3, -0.25) is 10.1 Å². The largest absolute Gasteiger partial charge is 0.378 e. The molecule has 2 rings (SSSR count). The third-order valence-corrected chi connectivity index (χ3v) is 3.76. The van der Waals surface area contributed by atoms with Crippen LogP contribution in [-0.2, 0) is 0 Å². The van der Waals surface area contributed by atoms with E-state index in [2.05, 4.69) is 21.2 Å². The molecule has 1 unspecified atom stereocenters. The van der Waals surface area contributed by atoms with Gasteiger partial charge in [-0.25, -0.2) is 4.39 Å². The summed E-state index contributed by atoms with van der Waals surface area (Å²) in [5.41, 5.74) is 0.767. The highest BCUT2D eigenvalue weighted by Crippen LogP contribution is 2.30. The predicted molar refractivity (Wildman–Crippen MR) is 84.2 cm³/mol. The van der Waals surface area contributed by atoms with Gasteiger partial charge in [0.05, 0.1) is 11.0 Å². The topological polar surface area (TPSA) is 55.2 Å². The molecule has 0 fully saturated rings. The van der Waals surface area contributed by atoms with E-state index in [1.165, 1.54) is 18.2 Å². The van der Waals surface area contributed by atoms with Gasteiger partial charge in [0, 0.05) is 21.8 Å². The van der Waals surface area contributed by atoms with Crippen LogP contribution in [0.15, 0.2) is 40.9 Å². The van der Waals surface area contributed by atoms with Gasteiger partial charge in [0.1, 0.15) is 10.8 Å². The molecule has 0 heterocycles. The van der Waals surface area contributed by atoms with Gasteiger partial charge in [0.15, 0.2) is 0 Å². The van der Waals surface area contributed by atoms with Crippen LogP contribution in [0, 0.1) is 15.9 Å².